The molecule has 0 unspecified atom stereocenters. The van der Waals surface area contributed by atoms with Crippen LogP contribution in [0.1, 0.15) is 9.88 Å². The molecule has 0 aliphatic rings. The summed E-state index contributed by atoms with van der Waals surface area (Å²) < 4.78 is 0. The monoisotopic (exact) mass is 255 g/mol. The minimum Gasteiger partial charge on any atom is -0.389 e. The molecule has 0 radical (unpaired) electrons. The van der Waals surface area contributed by atoms with Crippen molar-refractivity contribution in [2.45, 2.75) is 13.5 Å². The first-order valence-corrected chi connectivity index (χ1v) is 6.66. The van der Waals surface area contributed by atoms with E-state index in [9.17, 15) is 0 Å². The second-order valence-electron chi connectivity index (χ2n) is 4.23. The number of aliphatic hydroxyl groups is 1. The molecule has 3 rings (SSSR count). The number of benzene rings is 2. The predicted molar refractivity (Wildman–Crippen MR) is 75.7 cm³/mol. The van der Waals surface area contributed by atoms with Gasteiger partial charge in [-0.2, -0.15) is 0 Å². The van der Waals surface area contributed by atoms with E-state index in [1.165, 1.54) is 10.8 Å². The number of thiazole rings is 1. The van der Waals surface area contributed by atoms with Gasteiger partial charge in [-0.05, 0) is 23.8 Å². The average Bonchev–Trinajstić information content (AvgIpc) is 2.79. The van der Waals surface area contributed by atoms with Crippen LogP contribution in [0.25, 0.3) is 22.0 Å². The molecule has 3 aromatic rings. The summed E-state index contributed by atoms with van der Waals surface area (Å²) in [5.74, 6) is 0. The third kappa shape index (κ3) is 1.92. The molecule has 0 saturated carbocycles. The SMILES string of the molecule is Cc1sc(CO)nc1-c1ccc2ccccc2c1. The molecule has 18 heavy (non-hydrogen) atoms. The van der Waals surface area contributed by atoms with Gasteiger partial charge >= 0.3 is 0 Å². The van der Waals surface area contributed by atoms with Crippen LogP contribution in [0.5, 0.6) is 0 Å². The van der Waals surface area contributed by atoms with Gasteiger partial charge in [0.1, 0.15) is 5.01 Å². The Bertz CT molecular complexity index is 703. The normalized spacial score (nSPS) is 11.0. The van der Waals surface area contributed by atoms with Crippen molar-refractivity contribution in [3.8, 4) is 11.3 Å². The van der Waals surface area contributed by atoms with Crippen molar-refractivity contribution >= 4 is 22.1 Å². The molecular formula is C15H13NOS. The average molecular weight is 255 g/mol. The van der Waals surface area contributed by atoms with Crippen molar-refractivity contribution in [3.05, 3.63) is 52.3 Å². The Morgan fingerprint density at radius 2 is 1.89 bits per heavy atom. The van der Waals surface area contributed by atoms with Gasteiger partial charge in [0, 0.05) is 10.4 Å². The highest BCUT2D eigenvalue weighted by atomic mass is 32.1. The number of aryl methyl sites for hydroxylation is 1. The van der Waals surface area contributed by atoms with E-state index >= 15 is 0 Å². The van der Waals surface area contributed by atoms with Gasteiger partial charge in [0.15, 0.2) is 0 Å². The van der Waals surface area contributed by atoms with Gasteiger partial charge in [0.2, 0.25) is 0 Å². The first kappa shape index (κ1) is 11.4. The Morgan fingerprint density at radius 3 is 2.61 bits per heavy atom. The van der Waals surface area contributed by atoms with Gasteiger partial charge in [-0.25, -0.2) is 4.98 Å². The summed E-state index contributed by atoms with van der Waals surface area (Å²) in [6.45, 7) is 2.06. The van der Waals surface area contributed by atoms with Crippen LogP contribution in [-0.2, 0) is 6.61 Å². The predicted octanol–water partition coefficient (Wildman–Crippen LogP) is 3.76. The van der Waals surface area contributed by atoms with E-state index in [1.807, 2.05) is 19.1 Å². The molecule has 3 heteroatoms. The Morgan fingerprint density at radius 1 is 1.11 bits per heavy atom. The van der Waals surface area contributed by atoms with Crippen LogP contribution in [0.3, 0.4) is 0 Å². The van der Waals surface area contributed by atoms with Crippen LogP contribution in [0.4, 0.5) is 0 Å². The molecule has 2 nitrogen and oxygen atoms in total. The lowest BCUT2D eigenvalue weighted by Gasteiger charge is -2.02. The number of hydrogen-bond acceptors (Lipinski definition) is 3. The smallest absolute Gasteiger partial charge is 0.119 e. The molecule has 1 N–H and O–H groups in total. The van der Waals surface area contributed by atoms with E-state index in [0.29, 0.717) is 0 Å². The highest BCUT2D eigenvalue weighted by Gasteiger charge is 2.09. The minimum atomic E-state index is 0.0130. The summed E-state index contributed by atoms with van der Waals surface area (Å²) in [5, 5.41) is 12.4. The fourth-order valence-corrected chi connectivity index (χ4v) is 2.94. The molecule has 1 heterocycles. The van der Waals surface area contributed by atoms with Crippen molar-refractivity contribution in [1.82, 2.24) is 4.98 Å². The lowest BCUT2D eigenvalue weighted by molar-refractivity contribution is 0.281. The molecule has 0 aliphatic carbocycles. The van der Waals surface area contributed by atoms with E-state index in [2.05, 4.69) is 35.3 Å². The molecule has 0 saturated heterocycles. The largest absolute Gasteiger partial charge is 0.389 e. The van der Waals surface area contributed by atoms with Gasteiger partial charge in [0.05, 0.1) is 12.3 Å². The Labute approximate surface area is 110 Å². The van der Waals surface area contributed by atoms with Gasteiger partial charge < -0.3 is 5.11 Å². The maximum absolute atomic E-state index is 9.14. The fraction of sp³-hybridized carbons (Fsp3) is 0.133. The van der Waals surface area contributed by atoms with E-state index < -0.39 is 0 Å². The standard InChI is InChI=1S/C15H13NOS/c1-10-15(16-14(9-17)18-10)13-7-6-11-4-2-3-5-12(11)8-13/h2-8,17H,9H2,1H3. The molecule has 2 aromatic carbocycles. The van der Waals surface area contributed by atoms with Crippen LogP contribution in [0, 0.1) is 6.92 Å². The van der Waals surface area contributed by atoms with Gasteiger partial charge in [-0.15, -0.1) is 11.3 Å². The second kappa shape index (κ2) is 4.52. The first-order chi connectivity index (χ1) is 8.78. The lowest BCUT2D eigenvalue weighted by Crippen LogP contribution is -1.84. The molecule has 0 bridgehead atoms. The quantitative estimate of drug-likeness (QED) is 0.756. The molecular weight excluding hydrogens is 242 g/mol. The van der Waals surface area contributed by atoms with Crippen LogP contribution in [0.15, 0.2) is 42.5 Å². The zero-order valence-corrected chi connectivity index (χ0v) is 10.9. The number of aromatic nitrogens is 1. The van der Waals surface area contributed by atoms with Gasteiger partial charge in [-0.1, -0.05) is 36.4 Å². The van der Waals surface area contributed by atoms with Crippen molar-refractivity contribution in [1.29, 1.82) is 0 Å². The number of hydrogen-bond donors (Lipinski definition) is 1. The lowest BCUT2D eigenvalue weighted by atomic mass is 10.0. The third-order valence-corrected chi connectivity index (χ3v) is 3.95. The molecule has 0 fully saturated rings. The number of aliphatic hydroxyl groups excluding tert-OH is 1. The van der Waals surface area contributed by atoms with Crippen molar-refractivity contribution < 1.29 is 5.11 Å². The van der Waals surface area contributed by atoms with Crippen LogP contribution in [0.2, 0.25) is 0 Å². The summed E-state index contributed by atoms with van der Waals surface area (Å²) in [6, 6.07) is 14.6. The third-order valence-electron chi connectivity index (χ3n) is 3.00. The molecule has 1 aromatic heterocycles. The van der Waals surface area contributed by atoms with Crippen LogP contribution in [-0.4, -0.2) is 10.1 Å². The maximum Gasteiger partial charge on any atom is 0.119 e. The highest BCUT2D eigenvalue weighted by Crippen LogP contribution is 2.29. The summed E-state index contributed by atoms with van der Waals surface area (Å²) in [6.07, 6.45) is 0. The van der Waals surface area contributed by atoms with Gasteiger partial charge in [-0.3, -0.25) is 0 Å². The highest BCUT2D eigenvalue weighted by molar-refractivity contribution is 7.12. The summed E-state index contributed by atoms with van der Waals surface area (Å²) in [7, 11) is 0. The summed E-state index contributed by atoms with van der Waals surface area (Å²) in [5.41, 5.74) is 2.09. The maximum atomic E-state index is 9.14. The van der Waals surface area contributed by atoms with Crippen LogP contribution < -0.4 is 0 Å². The molecule has 0 aliphatic heterocycles. The Kier molecular flexibility index (Phi) is 2.86. The molecule has 90 valence electrons. The summed E-state index contributed by atoms with van der Waals surface area (Å²) in [4.78, 5) is 5.62. The molecule has 0 atom stereocenters. The number of rotatable bonds is 2. The number of fused-ring (bicyclic) bond motifs is 1. The molecule has 0 amide bonds. The Hall–Kier alpha value is -1.71. The molecule has 0 spiro atoms. The zero-order valence-electron chi connectivity index (χ0n) is 10.1. The fourth-order valence-electron chi connectivity index (χ4n) is 2.12. The topological polar surface area (TPSA) is 33.1 Å². The van der Waals surface area contributed by atoms with E-state index in [-0.39, 0.29) is 6.61 Å². The summed E-state index contributed by atoms with van der Waals surface area (Å²) >= 11 is 1.55. The van der Waals surface area contributed by atoms with Crippen molar-refractivity contribution in [3.63, 3.8) is 0 Å². The van der Waals surface area contributed by atoms with Crippen LogP contribution >= 0.6 is 11.3 Å². The first-order valence-electron chi connectivity index (χ1n) is 5.84. The Balaban J connectivity index is 2.15. The van der Waals surface area contributed by atoms with Gasteiger partial charge in [0.25, 0.3) is 0 Å². The van der Waals surface area contributed by atoms with E-state index in [1.54, 1.807) is 11.3 Å². The van der Waals surface area contributed by atoms with E-state index in [4.69, 9.17) is 5.11 Å². The second-order valence-corrected chi connectivity index (χ2v) is 5.52. The minimum absolute atomic E-state index is 0.0130. The van der Waals surface area contributed by atoms with Crippen molar-refractivity contribution in [2.75, 3.05) is 0 Å². The number of nitrogens with zero attached hydrogens (tertiary/aromatic N) is 1. The zero-order chi connectivity index (χ0) is 12.5. The van der Waals surface area contributed by atoms with Crippen molar-refractivity contribution in [2.24, 2.45) is 0 Å². The van der Waals surface area contributed by atoms with E-state index in [0.717, 1.165) is 21.1 Å².